The third-order valence-electron chi connectivity index (χ3n) is 2.16. The van der Waals surface area contributed by atoms with Gasteiger partial charge in [-0.25, -0.2) is 0 Å². The van der Waals surface area contributed by atoms with Gasteiger partial charge in [-0.3, -0.25) is 9.55 Å². The minimum Gasteiger partial charge on any atom is -0.286 e. The van der Waals surface area contributed by atoms with E-state index in [9.17, 15) is 0 Å². The fourth-order valence-electron chi connectivity index (χ4n) is 1.72. The molecule has 0 aliphatic rings. The molecule has 0 radical (unpaired) electrons. The minimum atomic E-state index is 1.00. The zero-order valence-electron chi connectivity index (χ0n) is 8.52. The van der Waals surface area contributed by atoms with Crippen molar-refractivity contribution in [3.63, 3.8) is 0 Å². The lowest BCUT2D eigenvalue weighted by molar-refractivity contribution is 0.972. The van der Waals surface area contributed by atoms with Gasteiger partial charge in [-0.2, -0.15) is 0 Å². The smallest absolute Gasteiger partial charge is 0.123 e. The molecule has 4 nitrogen and oxygen atoms in total. The standard InChI is InChI=1S/C10H12N4/c1-7-4-8(2)13-9(3)10(7)14-5-11-12-6-14/h4-6H,1-3H3. The van der Waals surface area contributed by atoms with Crippen LogP contribution in [0.15, 0.2) is 18.7 Å². The SMILES string of the molecule is Cc1cc(C)c(-n2cnnc2)c(C)n1. The number of aromatic nitrogens is 4. The molecule has 0 saturated heterocycles. The Bertz CT molecular complexity index is 422. The van der Waals surface area contributed by atoms with Crippen LogP contribution in [0.3, 0.4) is 0 Å². The van der Waals surface area contributed by atoms with E-state index < -0.39 is 0 Å². The summed E-state index contributed by atoms with van der Waals surface area (Å²) >= 11 is 0. The first-order valence-electron chi connectivity index (χ1n) is 4.48. The van der Waals surface area contributed by atoms with Gasteiger partial charge in [-0.15, -0.1) is 10.2 Å². The van der Waals surface area contributed by atoms with Gasteiger partial charge in [-0.05, 0) is 32.4 Å². The Kier molecular flexibility index (Phi) is 2.04. The summed E-state index contributed by atoms with van der Waals surface area (Å²) in [4.78, 5) is 4.41. The summed E-state index contributed by atoms with van der Waals surface area (Å²) in [6.07, 6.45) is 3.37. The van der Waals surface area contributed by atoms with Gasteiger partial charge in [0.1, 0.15) is 12.7 Å². The number of hydrogen-bond donors (Lipinski definition) is 0. The van der Waals surface area contributed by atoms with E-state index in [0.717, 1.165) is 17.1 Å². The summed E-state index contributed by atoms with van der Waals surface area (Å²) in [5, 5.41) is 7.58. The van der Waals surface area contributed by atoms with E-state index in [4.69, 9.17) is 0 Å². The van der Waals surface area contributed by atoms with Crippen molar-refractivity contribution < 1.29 is 0 Å². The van der Waals surface area contributed by atoms with Crippen molar-refractivity contribution in [3.8, 4) is 5.69 Å². The van der Waals surface area contributed by atoms with Gasteiger partial charge in [0.25, 0.3) is 0 Å². The van der Waals surface area contributed by atoms with E-state index >= 15 is 0 Å². The van der Waals surface area contributed by atoms with Gasteiger partial charge in [-0.1, -0.05) is 0 Å². The molecule has 2 aromatic heterocycles. The largest absolute Gasteiger partial charge is 0.286 e. The summed E-state index contributed by atoms with van der Waals surface area (Å²) in [6.45, 7) is 6.06. The van der Waals surface area contributed by atoms with Crippen molar-refractivity contribution in [2.24, 2.45) is 0 Å². The Morgan fingerprint density at radius 3 is 2.29 bits per heavy atom. The van der Waals surface area contributed by atoms with Crippen LogP contribution in [-0.2, 0) is 0 Å². The van der Waals surface area contributed by atoms with Crippen molar-refractivity contribution in [2.75, 3.05) is 0 Å². The summed E-state index contributed by atoms with van der Waals surface area (Å²) in [6, 6.07) is 2.06. The number of pyridine rings is 1. The van der Waals surface area contributed by atoms with E-state index in [2.05, 4.69) is 28.2 Å². The summed E-state index contributed by atoms with van der Waals surface area (Å²) in [5.41, 5.74) is 4.30. The second kappa shape index (κ2) is 3.21. The molecule has 0 spiro atoms. The molecule has 0 unspecified atom stereocenters. The molecule has 4 heteroatoms. The predicted molar refractivity (Wildman–Crippen MR) is 53.4 cm³/mol. The van der Waals surface area contributed by atoms with Gasteiger partial charge in [0, 0.05) is 5.69 Å². The normalized spacial score (nSPS) is 10.5. The maximum Gasteiger partial charge on any atom is 0.123 e. The third-order valence-corrected chi connectivity index (χ3v) is 2.16. The fraction of sp³-hybridized carbons (Fsp3) is 0.300. The number of aryl methyl sites for hydroxylation is 3. The third kappa shape index (κ3) is 1.39. The molecular formula is C10H12N4. The van der Waals surface area contributed by atoms with Crippen molar-refractivity contribution in [2.45, 2.75) is 20.8 Å². The van der Waals surface area contributed by atoms with Gasteiger partial charge >= 0.3 is 0 Å². The lowest BCUT2D eigenvalue weighted by Gasteiger charge is -2.09. The van der Waals surface area contributed by atoms with Gasteiger partial charge < -0.3 is 0 Å². The molecule has 0 amide bonds. The maximum atomic E-state index is 4.41. The molecule has 0 fully saturated rings. The Hall–Kier alpha value is -1.71. The van der Waals surface area contributed by atoms with E-state index in [-0.39, 0.29) is 0 Å². The van der Waals surface area contributed by atoms with Crippen LogP contribution in [-0.4, -0.2) is 19.7 Å². The first kappa shape index (κ1) is 8.87. The first-order valence-corrected chi connectivity index (χ1v) is 4.48. The Labute approximate surface area is 82.6 Å². The van der Waals surface area contributed by atoms with Crippen LogP contribution in [0.5, 0.6) is 0 Å². The Morgan fingerprint density at radius 1 is 1.07 bits per heavy atom. The summed E-state index contributed by atoms with van der Waals surface area (Å²) < 4.78 is 1.89. The molecule has 2 heterocycles. The molecule has 72 valence electrons. The van der Waals surface area contributed by atoms with Crippen LogP contribution in [0.2, 0.25) is 0 Å². The molecule has 0 aromatic carbocycles. The second-order valence-corrected chi connectivity index (χ2v) is 3.38. The molecule has 0 saturated carbocycles. The maximum absolute atomic E-state index is 4.41. The monoisotopic (exact) mass is 188 g/mol. The van der Waals surface area contributed by atoms with Gasteiger partial charge in [0.15, 0.2) is 0 Å². The minimum absolute atomic E-state index is 1.00. The second-order valence-electron chi connectivity index (χ2n) is 3.38. The van der Waals surface area contributed by atoms with Crippen LogP contribution < -0.4 is 0 Å². The van der Waals surface area contributed by atoms with E-state index in [0.29, 0.717) is 0 Å². The van der Waals surface area contributed by atoms with Crippen LogP contribution in [0, 0.1) is 20.8 Å². The molecule has 2 rings (SSSR count). The van der Waals surface area contributed by atoms with Crippen LogP contribution >= 0.6 is 0 Å². The Morgan fingerprint density at radius 2 is 1.71 bits per heavy atom. The van der Waals surface area contributed by atoms with E-state index in [1.807, 2.05) is 18.4 Å². The summed E-state index contributed by atoms with van der Waals surface area (Å²) in [5.74, 6) is 0. The van der Waals surface area contributed by atoms with Gasteiger partial charge in [0.2, 0.25) is 0 Å². The molecule has 0 aliphatic heterocycles. The van der Waals surface area contributed by atoms with Crippen molar-refractivity contribution in [3.05, 3.63) is 35.7 Å². The highest BCUT2D eigenvalue weighted by Crippen LogP contribution is 2.17. The van der Waals surface area contributed by atoms with E-state index in [1.165, 1.54) is 5.56 Å². The molecular weight excluding hydrogens is 176 g/mol. The van der Waals surface area contributed by atoms with Crippen LogP contribution in [0.25, 0.3) is 5.69 Å². The molecule has 0 N–H and O–H groups in total. The number of hydrogen-bond acceptors (Lipinski definition) is 3. The fourth-order valence-corrected chi connectivity index (χ4v) is 1.72. The average molecular weight is 188 g/mol. The highest BCUT2D eigenvalue weighted by atomic mass is 15.2. The number of nitrogens with zero attached hydrogens (tertiary/aromatic N) is 4. The number of rotatable bonds is 1. The lowest BCUT2D eigenvalue weighted by atomic mass is 10.1. The topological polar surface area (TPSA) is 43.6 Å². The lowest BCUT2D eigenvalue weighted by Crippen LogP contribution is -2.01. The van der Waals surface area contributed by atoms with Crippen molar-refractivity contribution in [1.82, 2.24) is 19.7 Å². The Balaban J connectivity index is 2.64. The van der Waals surface area contributed by atoms with Crippen LogP contribution in [0.4, 0.5) is 0 Å². The predicted octanol–water partition coefficient (Wildman–Crippen LogP) is 1.59. The molecule has 0 aliphatic carbocycles. The van der Waals surface area contributed by atoms with Crippen LogP contribution in [0.1, 0.15) is 17.0 Å². The quantitative estimate of drug-likeness (QED) is 0.682. The molecule has 0 bridgehead atoms. The zero-order valence-corrected chi connectivity index (χ0v) is 8.52. The van der Waals surface area contributed by atoms with Gasteiger partial charge in [0.05, 0.1) is 11.4 Å². The molecule has 14 heavy (non-hydrogen) atoms. The molecule has 0 atom stereocenters. The first-order chi connectivity index (χ1) is 6.68. The van der Waals surface area contributed by atoms with Crippen molar-refractivity contribution in [1.29, 1.82) is 0 Å². The molecule has 2 aromatic rings. The zero-order chi connectivity index (χ0) is 10.1. The highest BCUT2D eigenvalue weighted by Gasteiger charge is 2.06. The van der Waals surface area contributed by atoms with Crippen molar-refractivity contribution >= 4 is 0 Å². The average Bonchev–Trinajstić information content (AvgIpc) is 2.54. The van der Waals surface area contributed by atoms with E-state index in [1.54, 1.807) is 12.7 Å². The summed E-state index contributed by atoms with van der Waals surface area (Å²) in [7, 11) is 0. The highest BCUT2D eigenvalue weighted by molar-refractivity contribution is 5.44.